The van der Waals surface area contributed by atoms with Gasteiger partial charge in [-0.05, 0) is 31.4 Å². The molecule has 1 aromatic carbocycles. The van der Waals surface area contributed by atoms with Crippen LogP contribution in [-0.4, -0.2) is 52.8 Å². The Balaban J connectivity index is 1.51. The molecule has 25 heavy (non-hydrogen) atoms. The van der Waals surface area contributed by atoms with Crippen molar-refractivity contribution >= 4 is 23.3 Å². The first-order valence-electron chi connectivity index (χ1n) is 8.93. The number of nitrogens with zero attached hydrogens (tertiary/aromatic N) is 2. The first-order valence-corrected chi connectivity index (χ1v) is 8.93. The van der Waals surface area contributed by atoms with Gasteiger partial charge in [-0.2, -0.15) is 0 Å². The number of Topliss-reactive ketones (excluding diaryl/α,β-unsaturated/α-hetero) is 1. The average molecular weight is 344 g/mol. The van der Waals surface area contributed by atoms with Crippen LogP contribution in [0.2, 0.25) is 0 Å². The number of rotatable bonds is 7. The molecule has 6 heteroatoms. The number of ketones is 1. The molecular formula is C19H24N2O4. The van der Waals surface area contributed by atoms with E-state index in [-0.39, 0.29) is 18.7 Å². The zero-order valence-electron chi connectivity index (χ0n) is 14.3. The molecule has 1 atom stereocenters. The maximum Gasteiger partial charge on any atom is 0.266 e. The molecule has 6 nitrogen and oxygen atoms in total. The molecule has 0 bridgehead atoms. The van der Waals surface area contributed by atoms with Crippen molar-refractivity contribution < 1.29 is 19.5 Å². The second-order valence-electron chi connectivity index (χ2n) is 6.77. The third-order valence-electron chi connectivity index (χ3n) is 5.08. The predicted molar refractivity (Wildman–Crippen MR) is 93.0 cm³/mol. The van der Waals surface area contributed by atoms with Crippen LogP contribution in [0.5, 0.6) is 0 Å². The van der Waals surface area contributed by atoms with Gasteiger partial charge in [-0.1, -0.05) is 18.2 Å². The van der Waals surface area contributed by atoms with Crippen LogP contribution < -0.4 is 4.90 Å². The molecule has 2 aliphatic rings. The molecule has 1 N–H and O–H groups in total. The minimum absolute atomic E-state index is 0.129. The molecule has 3 rings (SSSR count). The van der Waals surface area contributed by atoms with Gasteiger partial charge in [-0.25, -0.2) is 0 Å². The predicted octanol–water partition coefficient (Wildman–Crippen LogP) is 1.52. The number of carbonyl (C=O) groups excluding carboxylic acids is 3. The molecule has 0 radical (unpaired) electrons. The van der Waals surface area contributed by atoms with Crippen LogP contribution in [0.1, 0.15) is 38.5 Å². The number of para-hydroxylation sites is 1. The lowest BCUT2D eigenvalue weighted by Gasteiger charge is -2.21. The van der Waals surface area contributed by atoms with Gasteiger partial charge in [0.1, 0.15) is 0 Å². The minimum atomic E-state index is -1.90. The van der Waals surface area contributed by atoms with Crippen molar-refractivity contribution in [3.8, 4) is 0 Å². The van der Waals surface area contributed by atoms with Crippen molar-refractivity contribution in [2.75, 3.05) is 24.5 Å². The second-order valence-corrected chi connectivity index (χ2v) is 6.77. The zero-order valence-corrected chi connectivity index (χ0v) is 14.3. The van der Waals surface area contributed by atoms with Gasteiger partial charge in [0, 0.05) is 44.6 Å². The minimum Gasteiger partial charge on any atom is -0.373 e. The van der Waals surface area contributed by atoms with Crippen LogP contribution in [0.25, 0.3) is 0 Å². The van der Waals surface area contributed by atoms with Crippen molar-refractivity contribution in [1.82, 2.24) is 4.90 Å². The number of hydrogen-bond donors (Lipinski definition) is 1. The Morgan fingerprint density at radius 2 is 1.88 bits per heavy atom. The van der Waals surface area contributed by atoms with Gasteiger partial charge >= 0.3 is 0 Å². The van der Waals surface area contributed by atoms with Crippen LogP contribution in [0, 0.1) is 0 Å². The maximum absolute atomic E-state index is 12.6. The summed E-state index contributed by atoms with van der Waals surface area (Å²) in [6.45, 7) is 1.78. The van der Waals surface area contributed by atoms with Gasteiger partial charge in [0.05, 0.1) is 0 Å². The first kappa shape index (κ1) is 17.6. The number of anilines is 1. The van der Waals surface area contributed by atoms with Crippen molar-refractivity contribution in [1.29, 1.82) is 0 Å². The Hall–Kier alpha value is -2.21. The molecule has 0 unspecified atom stereocenters. The average Bonchev–Trinajstić information content (AvgIpc) is 3.17. The maximum atomic E-state index is 12.6. The highest BCUT2D eigenvalue weighted by molar-refractivity contribution is 6.16. The third kappa shape index (κ3) is 3.58. The Morgan fingerprint density at radius 3 is 2.56 bits per heavy atom. The summed E-state index contributed by atoms with van der Waals surface area (Å²) in [6.07, 6.45) is 3.09. The van der Waals surface area contributed by atoms with E-state index in [9.17, 15) is 19.5 Å². The van der Waals surface area contributed by atoms with E-state index in [0.29, 0.717) is 38.0 Å². The largest absolute Gasteiger partial charge is 0.373 e. The van der Waals surface area contributed by atoms with Gasteiger partial charge < -0.3 is 14.9 Å². The number of carbonyl (C=O) groups is 3. The summed E-state index contributed by atoms with van der Waals surface area (Å²) in [6, 6.07) is 9.08. The number of amides is 2. The van der Waals surface area contributed by atoms with Crippen LogP contribution in [0.15, 0.2) is 30.3 Å². The van der Waals surface area contributed by atoms with E-state index >= 15 is 0 Å². The summed E-state index contributed by atoms with van der Waals surface area (Å²) in [5, 5.41) is 10.6. The van der Waals surface area contributed by atoms with E-state index in [2.05, 4.69) is 0 Å². The van der Waals surface area contributed by atoms with Crippen LogP contribution in [0.4, 0.5) is 5.69 Å². The number of unbranched alkanes of at least 4 members (excludes halogenated alkanes) is 1. The Bertz CT molecular complexity index is 661. The summed E-state index contributed by atoms with van der Waals surface area (Å²) in [5.41, 5.74) is -1.21. The van der Waals surface area contributed by atoms with Crippen LogP contribution >= 0.6 is 0 Å². The summed E-state index contributed by atoms with van der Waals surface area (Å²) in [5.74, 6) is -0.767. The normalized spacial score (nSPS) is 23.6. The molecule has 0 spiro atoms. The highest BCUT2D eigenvalue weighted by Crippen LogP contribution is 2.30. The molecule has 2 heterocycles. The number of likely N-dealkylation sites (tertiary alicyclic amines) is 1. The van der Waals surface area contributed by atoms with Gasteiger partial charge in [0.2, 0.25) is 11.5 Å². The lowest BCUT2D eigenvalue weighted by Crippen LogP contribution is -2.46. The Kier molecular flexibility index (Phi) is 5.18. The van der Waals surface area contributed by atoms with Crippen LogP contribution in [-0.2, 0) is 14.4 Å². The van der Waals surface area contributed by atoms with Gasteiger partial charge in [0.25, 0.3) is 5.91 Å². The van der Waals surface area contributed by atoms with E-state index in [4.69, 9.17) is 0 Å². The highest BCUT2D eigenvalue weighted by atomic mass is 16.3. The van der Waals surface area contributed by atoms with Gasteiger partial charge in [0.15, 0.2) is 5.78 Å². The zero-order chi connectivity index (χ0) is 17.9. The SMILES string of the molecule is O=C1CCCN1CCCCC(=O)[C@@]1(O)CCN(c2ccccc2)C1=O. The standard InChI is InChI=1S/C19H24N2O4/c22-16(9-4-5-12-20-13-6-10-17(20)23)19(25)11-14-21(18(19)24)15-7-2-1-3-8-15/h1-3,7-8,25H,4-6,9-14H2/t19-/m0/s1. The summed E-state index contributed by atoms with van der Waals surface area (Å²) >= 11 is 0. The number of aliphatic hydroxyl groups is 1. The van der Waals surface area contributed by atoms with Gasteiger partial charge in [-0.15, -0.1) is 0 Å². The van der Waals surface area contributed by atoms with Crippen LogP contribution in [0.3, 0.4) is 0 Å². The molecular weight excluding hydrogens is 320 g/mol. The van der Waals surface area contributed by atoms with E-state index in [1.807, 2.05) is 23.1 Å². The molecule has 1 aromatic rings. The van der Waals surface area contributed by atoms with Crippen molar-refractivity contribution in [3.05, 3.63) is 30.3 Å². The summed E-state index contributed by atoms with van der Waals surface area (Å²) in [7, 11) is 0. The Labute approximate surface area is 147 Å². The smallest absolute Gasteiger partial charge is 0.266 e. The lowest BCUT2D eigenvalue weighted by atomic mass is 9.93. The van der Waals surface area contributed by atoms with Crippen molar-refractivity contribution in [3.63, 3.8) is 0 Å². The molecule has 134 valence electrons. The molecule has 2 fully saturated rings. The van der Waals surface area contributed by atoms with E-state index in [1.165, 1.54) is 4.90 Å². The first-order chi connectivity index (χ1) is 12.0. The molecule has 0 saturated carbocycles. The highest BCUT2D eigenvalue weighted by Gasteiger charge is 2.50. The quantitative estimate of drug-likeness (QED) is 0.601. The summed E-state index contributed by atoms with van der Waals surface area (Å²) in [4.78, 5) is 39.8. The molecule has 2 aliphatic heterocycles. The van der Waals surface area contributed by atoms with E-state index < -0.39 is 17.3 Å². The number of benzene rings is 1. The van der Waals surface area contributed by atoms with E-state index in [1.54, 1.807) is 12.1 Å². The lowest BCUT2D eigenvalue weighted by molar-refractivity contribution is -0.147. The topological polar surface area (TPSA) is 77.9 Å². The fourth-order valence-corrected chi connectivity index (χ4v) is 3.55. The Morgan fingerprint density at radius 1 is 1.12 bits per heavy atom. The molecule has 2 saturated heterocycles. The van der Waals surface area contributed by atoms with Gasteiger partial charge in [-0.3, -0.25) is 14.4 Å². The van der Waals surface area contributed by atoms with Crippen molar-refractivity contribution in [2.45, 2.75) is 44.1 Å². The molecule has 2 amide bonds. The second kappa shape index (κ2) is 7.35. The fraction of sp³-hybridized carbons (Fsp3) is 0.526. The molecule has 0 aliphatic carbocycles. The fourth-order valence-electron chi connectivity index (χ4n) is 3.55. The molecule has 0 aromatic heterocycles. The monoisotopic (exact) mass is 344 g/mol. The number of hydrogen-bond acceptors (Lipinski definition) is 4. The summed E-state index contributed by atoms with van der Waals surface area (Å²) < 4.78 is 0. The van der Waals surface area contributed by atoms with Crippen molar-refractivity contribution in [2.24, 2.45) is 0 Å². The van der Waals surface area contributed by atoms with E-state index in [0.717, 1.165) is 13.0 Å². The third-order valence-corrected chi connectivity index (χ3v) is 5.08.